The average molecular weight is 461 g/mol. The van der Waals surface area contributed by atoms with E-state index in [2.05, 4.69) is 27.1 Å². The zero-order valence-electron chi connectivity index (χ0n) is 17.1. The van der Waals surface area contributed by atoms with E-state index in [4.69, 9.17) is 11.6 Å². The number of pyridine rings is 1. The highest BCUT2D eigenvalue weighted by molar-refractivity contribution is 6.31. The van der Waals surface area contributed by atoms with Gasteiger partial charge in [0.25, 0.3) is 0 Å². The molecule has 0 fully saturated rings. The first kappa shape index (κ1) is 22.0. The number of hydrogen-bond donors (Lipinski definition) is 2. The number of benzene rings is 1. The molecule has 0 radical (unpaired) electrons. The molecule has 1 aromatic carbocycles. The lowest BCUT2D eigenvalue weighted by Crippen LogP contribution is -2.29. The molecular formula is C23H20ClF3N4O. The van der Waals surface area contributed by atoms with E-state index in [9.17, 15) is 18.0 Å². The number of nitrogens with zero attached hydrogens (tertiary/aromatic N) is 2. The first-order valence-electron chi connectivity index (χ1n) is 9.95. The molecule has 1 atom stereocenters. The van der Waals surface area contributed by atoms with Crippen LogP contribution < -0.4 is 10.6 Å². The van der Waals surface area contributed by atoms with E-state index in [0.717, 1.165) is 35.4 Å². The quantitative estimate of drug-likeness (QED) is 0.482. The lowest BCUT2D eigenvalue weighted by atomic mass is 9.92. The van der Waals surface area contributed by atoms with Crippen LogP contribution in [0.1, 0.15) is 41.6 Å². The molecule has 9 heteroatoms. The summed E-state index contributed by atoms with van der Waals surface area (Å²) in [6.07, 6.45) is 3.49. The number of carbonyl (C=O) groups is 1. The van der Waals surface area contributed by atoms with E-state index in [1.165, 1.54) is 6.07 Å². The number of carbonyl (C=O) groups excluding carboxylic acids is 1. The van der Waals surface area contributed by atoms with E-state index in [1.807, 2.05) is 30.5 Å². The van der Waals surface area contributed by atoms with Crippen molar-refractivity contribution in [3.8, 4) is 0 Å². The molecule has 1 aliphatic carbocycles. The number of anilines is 1. The van der Waals surface area contributed by atoms with Gasteiger partial charge >= 0.3 is 12.2 Å². The molecule has 4 rings (SSSR count). The molecule has 5 nitrogen and oxygen atoms in total. The van der Waals surface area contributed by atoms with Gasteiger partial charge in [-0.15, -0.1) is 0 Å². The van der Waals surface area contributed by atoms with Crippen LogP contribution in [0.4, 0.5) is 23.7 Å². The molecule has 32 heavy (non-hydrogen) atoms. The van der Waals surface area contributed by atoms with Gasteiger partial charge in [0, 0.05) is 53.7 Å². The minimum absolute atomic E-state index is 0.000479. The molecule has 1 aliphatic rings. The number of halogens is 4. The number of nitrogens with one attached hydrogen (secondary N) is 2. The molecule has 166 valence electrons. The second-order valence-corrected chi connectivity index (χ2v) is 8.03. The van der Waals surface area contributed by atoms with Gasteiger partial charge in [0.05, 0.1) is 10.6 Å². The molecule has 2 heterocycles. The Morgan fingerprint density at radius 1 is 1.19 bits per heavy atom. The molecule has 2 aromatic heterocycles. The Kier molecular flexibility index (Phi) is 5.97. The van der Waals surface area contributed by atoms with Crippen molar-refractivity contribution in [3.63, 3.8) is 0 Å². The number of allylic oxidation sites excluding steroid dienone is 1. The Morgan fingerprint density at radius 3 is 2.66 bits per heavy atom. The van der Waals surface area contributed by atoms with Crippen molar-refractivity contribution in [2.45, 2.75) is 32.0 Å². The van der Waals surface area contributed by atoms with Gasteiger partial charge in [0.15, 0.2) is 0 Å². The van der Waals surface area contributed by atoms with Crippen LogP contribution in [-0.4, -0.2) is 15.6 Å². The van der Waals surface area contributed by atoms with Gasteiger partial charge in [-0.3, -0.25) is 4.98 Å². The molecule has 1 unspecified atom stereocenters. The average Bonchev–Trinajstić information content (AvgIpc) is 3.16. The Morgan fingerprint density at radius 2 is 1.94 bits per heavy atom. The summed E-state index contributed by atoms with van der Waals surface area (Å²) in [5.74, 6) is 0.251. The predicted octanol–water partition coefficient (Wildman–Crippen LogP) is 6.27. The molecule has 0 bridgehead atoms. The third kappa shape index (κ3) is 4.65. The summed E-state index contributed by atoms with van der Waals surface area (Å²) in [6.45, 7) is 2.79. The topological polar surface area (TPSA) is 59.0 Å². The molecule has 0 aliphatic heterocycles. The van der Waals surface area contributed by atoms with Crippen molar-refractivity contribution >= 4 is 29.0 Å². The van der Waals surface area contributed by atoms with Crippen molar-refractivity contribution in [3.05, 3.63) is 88.5 Å². The Labute approximate surface area is 187 Å². The van der Waals surface area contributed by atoms with Gasteiger partial charge in [0.2, 0.25) is 0 Å². The zero-order chi connectivity index (χ0) is 22.9. The minimum Gasteiger partial charge on any atom is -0.346 e. The van der Waals surface area contributed by atoms with Crippen LogP contribution in [0.25, 0.3) is 5.70 Å². The number of fused-ring (bicyclic) bond motifs is 1. The van der Waals surface area contributed by atoms with Gasteiger partial charge in [0.1, 0.15) is 0 Å². The highest BCUT2D eigenvalue weighted by atomic mass is 35.5. The zero-order valence-corrected chi connectivity index (χ0v) is 17.8. The summed E-state index contributed by atoms with van der Waals surface area (Å²) < 4.78 is 41.4. The highest BCUT2D eigenvalue weighted by Crippen LogP contribution is 2.37. The third-order valence-electron chi connectivity index (χ3n) is 5.32. The first-order chi connectivity index (χ1) is 15.2. The van der Waals surface area contributed by atoms with Crippen LogP contribution in [0.3, 0.4) is 0 Å². The van der Waals surface area contributed by atoms with Gasteiger partial charge in [-0.2, -0.15) is 13.2 Å². The van der Waals surface area contributed by atoms with Gasteiger partial charge < -0.3 is 15.2 Å². The number of amides is 2. The smallest absolute Gasteiger partial charge is 0.346 e. The third-order valence-corrected chi connectivity index (χ3v) is 5.65. The fourth-order valence-corrected chi connectivity index (χ4v) is 4.05. The Hall–Kier alpha value is -3.26. The van der Waals surface area contributed by atoms with Crippen molar-refractivity contribution in [2.24, 2.45) is 0 Å². The number of hydrogen-bond acceptors (Lipinski definition) is 2. The summed E-state index contributed by atoms with van der Waals surface area (Å²) in [6, 6.07) is 8.45. The molecular weight excluding hydrogens is 441 g/mol. The maximum atomic E-state index is 13.1. The van der Waals surface area contributed by atoms with Crippen molar-refractivity contribution in [1.82, 2.24) is 14.9 Å². The summed E-state index contributed by atoms with van der Waals surface area (Å²) in [4.78, 5) is 16.6. The number of alkyl halides is 3. The molecule has 0 saturated heterocycles. The SMILES string of the molecule is CC1CC=C(NC(=O)Nc2ccc(Cl)c(C(F)(F)F)c2)c2ccn(Cc3ccncc3)c21. The maximum Gasteiger partial charge on any atom is 0.417 e. The Bertz CT molecular complexity index is 1170. The van der Waals surface area contributed by atoms with Crippen LogP contribution >= 0.6 is 11.6 Å². The first-order valence-corrected chi connectivity index (χ1v) is 10.3. The molecule has 0 saturated carbocycles. The van der Waals surface area contributed by atoms with E-state index in [0.29, 0.717) is 12.2 Å². The lowest BCUT2D eigenvalue weighted by Gasteiger charge is -2.23. The fourth-order valence-electron chi connectivity index (χ4n) is 3.82. The van der Waals surface area contributed by atoms with E-state index in [1.54, 1.807) is 12.4 Å². The van der Waals surface area contributed by atoms with Crippen LogP contribution in [-0.2, 0) is 12.7 Å². The van der Waals surface area contributed by atoms with E-state index >= 15 is 0 Å². The van der Waals surface area contributed by atoms with Crippen molar-refractivity contribution < 1.29 is 18.0 Å². The van der Waals surface area contributed by atoms with Gasteiger partial charge in [-0.1, -0.05) is 24.6 Å². The molecule has 0 spiro atoms. The van der Waals surface area contributed by atoms with E-state index < -0.39 is 22.8 Å². The highest BCUT2D eigenvalue weighted by Gasteiger charge is 2.33. The van der Waals surface area contributed by atoms with Gasteiger partial charge in [-0.05, 0) is 48.4 Å². The van der Waals surface area contributed by atoms with Crippen molar-refractivity contribution in [2.75, 3.05) is 5.32 Å². The normalized spacial score (nSPS) is 15.7. The maximum absolute atomic E-state index is 13.1. The molecule has 2 amide bonds. The van der Waals surface area contributed by atoms with E-state index in [-0.39, 0.29) is 11.6 Å². The second-order valence-electron chi connectivity index (χ2n) is 7.62. The largest absolute Gasteiger partial charge is 0.417 e. The summed E-state index contributed by atoms with van der Waals surface area (Å²) in [5.41, 5.74) is 2.70. The molecule has 3 aromatic rings. The monoisotopic (exact) mass is 460 g/mol. The van der Waals surface area contributed by atoms with Gasteiger partial charge in [-0.25, -0.2) is 4.79 Å². The van der Waals surface area contributed by atoms with Crippen LogP contribution in [0.15, 0.2) is 61.1 Å². The lowest BCUT2D eigenvalue weighted by molar-refractivity contribution is -0.137. The van der Waals surface area contributed by atoms with Crippen LogP contribution in [0.2, 0.25) is 5.02 Å². The second kappa shape index (κ2) is 8.70. The summed E-state index contributed by atoms with van der Waals surface area (Å²) >= 11 is 5.64. The number of aromatic nitrogens is 2. The van der Waals surface area contributed by atoms with Crippen LogP contribution in [0, 0.1) is 0 Å². The van der Waals surface area contributed by atoms with Crippen molar-refractivity contribution in [1.29, 1.82) is 0 Å². The van der Waals surface area contributed by atoms with Crippen LogP contribution in [0.5, 0.6) is 0 Å². The standard InChI is InChI=1S/C23H20ClF3N4O/c1-14-2-5-20(17-8-11-31(21(14)17)13-15-6-9-28-10-7-15)30-22(32)29-16-3-4-19(24)18(12-16)23(25,26)27/h3-12,14H,2,13H2,1H3,(H2,29,30,32). The molecule has 2 N–H and O–H groups in total. The summed E-state index contributed by atoms with van der Waals surface area (Å²) in [5, 5.41) is 4.80. The Balaban J connectivity index is 1.51. The number of urea groups is 1. The minimum atomic E-state index is -4.61. The number of rotatable bonds is 4. The summed E-state index contributed by atoms with van der Waals surface area (Å²) in [7, 11) is 0. The predicted molar refractivity (Wildman–Crippen MR) is 117 cm³/mol. The fraction of sp³-hybridized carbons (Fsp3) is 0.217.